The molecule has 0 aliphatic carbocycles. The van der Waals surface area contributed by atoms with Gasteiger partial charge in [-0.2, -0.15) is 0 Å². The lowest BCUT2D eigenvalue weighted by Gasteiger charge is -2.40. The van der Waals surface area contributed by atoms with E-state index in [1.807, 2.05) is 12.1 Å². The van der Waals surface area contributed by atoms with Crippen LogP contribution >= 0.6 is 0 Å². The van der Waals surface area contributed by atoms with E-state index in [0.717, 1.165) is 75.2 Å². The van der Waals surface area contributed by atoms with Gasteiger partial charge in [0, 0.05) is 64.8 Å². The van der Waals surface area contributed by atoms with Gasteiger partial charge in [-0.3, -0.25) is 0 Å². The van der Waals surface area contributed by atoms with E-state index in [-0.39, 0.29) is 0 Å². The Kier molecular flexibility index (Phi) is 6.24. The van der Waals surface area contributed by atoms with Crippen LogP contribution in [0.4, 0.5) is 17.1 Å². The number of pyridine rings is 1. The minimum absolute atomic E-state index is 0.580. The molecule has 0 atom stereocenters. The smallest absolute Gasteiger partial charge is 0.182 e. The minimum Gasteiger partial charge on any atom is -0.463 e. The summed E-state index contributed by atoms with van der Waals surface area (Å²) in [4.78, 5) is 31.5. The predicted molar refractivity (Wildman–Crippen MR) is 149 cm³/mol. The van der Waals surface area contributed by atoms with Crippen LogP contribution in [-0.4, -0.2) is 77.3 Å². The molecule has 1 N–H and O–H groups in total. The average Bonchev–Trinajstić information content (AvgIpc) is 3.72. The summed E-state index contributed by atoms with van der Waals surface area (Å²) in [5, 5.41) is 3.52. The number of furan rings is 1. The molecule has 0 radical (unpaired) electrons. The van der Waals surface area contributed by atoms with Crippen LogP contribution in [0.25, 0.3) is 34.1 Å². The van der Waals surface area contributed by atoms with E-state index in [1.165, 1.54) is 43.5 Å². The van der Waals surface area contributed by atoms with Crippen molar-refractivity contribution >= 4 is 28.2 Å². The quantitative estimate of drug-likeness (QED) is 0.427. The number of piperazine rings is 1. The summed E-state index contributed by atoms with van der Waals surface area (Å²) < 4.78 is 6.02. The Morgan fingerprint density at radius 2 is 1.37 bits per heavy atom. The van der Waals surface area contributed by atoms with Crippen LogP contribution in [0.15, 0.2) is 41.4 Å². The summed E-state index contributed by atoms with van der Waals surface area (Å²) in [5.74, 6) is 1.35. The highest BCUT2D eigenvalue weighted by Gasteiger charge is 2.34. The maximum atomic E-state index is 6.02. The molecule has 10 nitrogen and oxygen atoms in total. The molecule has 0 spiro atoms. The van der Waals surface area contributed by atoms with Gasteiger partial charge in [0.05, 0.1) is 29.5 Å². The van der Waals surface area contributed by atoms with E-state index in [0.29, 0.717) is 17.0 Å². The molecule has 196 valence electrons. The maximum Gasteiger partial charge on any atom is 0.182 e. The summed E-state index contributed by atoms with van der Waals surface area (Å²) in [5.41, 5.74) is 6.50. The highest BCUT2D eigenvalue weighted by molar-refractivity contribution is 5.98. The van der Waals surface area contributed by atoms with Crippen LogP contribution in [0, 0.1) is 0 Å². The zero-order valence-corrected chi connectivity index (χ0v) is 21.6. The van der Waals surface area contributed by atoms with Gasteiger partial charge in [-0.25, -0.2) is 24.9 Å². The molecule has 7 rings (SSSR count). The van der Waals surface area contributed by atoms with Crippen molar-refractivity contribution in [3.8, 4) is 23.0 Å². The molecule has 0 aromatic carbocycles. The van der Waals surface area contributed by atoms with Gasteiger partial charge in [-0.15, -0.1) is 0 Å². The standard InChI is InChI=1S/C28H33N9O/c1-2-12-36(13-3-1)26-24(37-16-10-29-11-17-37)22(21-7-6-18-38-21)33-23(25(26)35-14-4-5-15-35)28-32-19-20-27(34-28)31-9-8-30-20/h6-9,18-19,29H,1-5,10-17H2. The number of nitrogens with one attached hydrogen (secondary N) is 1. The molecule has 3 fully saturated rings. The molecule has 0 saturated carbocycles. The Hall–Kier alpha value is -3.79. The van der Waals surface area contributed by atoms with Gasteiger partial charge in [-0.05, 0) is 44.2 Å². The second-order valence-corrected chi connectivity index (χ2v) is 10.3. The molecule has 7 heterocycles. The third kappa shape index (κ3) is 4.22. The van der Waals surface area contributed by atoms with Gasteiger partial charge in [0.15, 0.2) is 17.2 Å². The lowest BCUT2D eigenvalue weighted by molar-refractivity contribution is 0.565. The molecule has 0 unspecified atom stereocenters. The second kappa shape index (κ2) is 10.2. The lowest BCUT2D eigenvalue weighted by Crippen LogP contribution is -2.45. The zero-order valence-electron chi connectivity index (χ0n) is 21.6. The fourth-order valence-electron chi connectivity index (χ4n) is 6.02. The van der Waals surface area contributed by atoms with Crippen molar-refractivity contribution in [2.75, 3.05) is 67.1 Å². The fraction of sp³-hybridized carbons (Fsp3) is 0.464. The number of aromatic nitrogens is 5. The fourth-order valence-corrected chi connectivity index (χ4v) is 6.02. The summed E-state index contributed by atoms with van der Waals surface area (Å²) in [7, 11) is 0. The van der Waals surface area contributed by atoms with Crippen molar-refractivity contribution in [1.29, 1.82) is 0 Å². The second-order valence-electron chi connectivity index (χ2n) is 10.3. The summed E-state index contributed by atoms with van der Waals surface area (Å²) in [6.07, 6.45) is 12.8. The van der Waals surface area contributed by atoms with Crippen molar-refractivity contribution < 1.29 is 4.42 Å². The highest BCUT2D eigenvalue weighted by Crippen LogP contribution is 2.50. The van der Waals surface area contributed by atoms with Crippen molar-refractivity contribution in [2.24, 2.45) is 0 Å². The molecule has 4 aromatic heterocycles. The Labute approximate surface area is 222 Å². The maximum absolute atomic E-state index is 6.02. The van der Waals surface area contributed by atoms with Crippen molar-refractivity contribution in [1.82, 2.24) is 30.2 Å². The normalized spacial score (nSPS) is 18.5. The first-order valence-corrected chi connectivity index (χ1v) is 13.9. The van der Waals surface area contributed by atoms with Crippen molar-refractivity contribution in [2.45, 2.75) is 32.1 Å². The monoisotopic (exact) mass is 511 g/mol. The van der Waals surface area contributed by atoms with Crippen molar-refractivity contribution in [3.63, 3.8) is 0 Å². The van der Waals surface area contributed by atoms with Gasteiger partial charge in [0.25, 0.3) is 0 Å². The summed E-state index contributed by atoms with van der Waals surface area (Å²) in [6, 6.07) is 3.95. The predicted octanol–water partition coefficient (Wildman–Crippen LogP) is 3.74. The van der Waals surface area contributed by atoms with E-state index in [4.69, 9.17) is 19.4 Å². The summed E-state index contributed by atoms with van der Waals surface area (Å²) in [6.45, 7) is 7.83. The third-order valence-electron chi connectivity index (χ3n) is 7.84. The number of nitrogens with zero attached hydrogens (tertiary/aromatic N) is 8. The number of rotatable bonds is 5. The number of fused-ring (bicyclic) bond motifs is 1. The number of anilines is 3. The molecule has 0 amide bonds. The minimum atomic E-state index is 0.580. The summed E-state index contributed by atoms with van der Waals surface area (Å²) >= 11 is 0. The van der Waals surface area contributed by atoms with E-state index < -0.39 is 0 Å². The number of piperidine rings is 1. The first-order chi connectivity index (χ1) is 18.9. The van der Waals surface area contributed by atoms with Crippen molar-refractivity contribution in [3.05, 3.63) is 37.0 Å². The molecular weight excluding hydrogens is 478 g/mol. The molecule has 3 aliphatic rings. The molecule has 38 heavy (non-hydrogen) atoms. The number of hydrogen-bond acceptors (Lipinski definition) is 10. The van der Waals surface area contributed by atoms with Crippen LogP contribution in [0.3, 0.4) is 0 Å². The van der Waals surface area contributed by atoms with E-state index in [2.05, 4.69) is 30.0 Å². The number of hydrogen-bond donors (Lipinski definition) is 1. The first kappa shape index (κ1) is 23.3. The van der Waals surface area contributed by atoms with Gasteiger partial charge in [0.1, 0.15) is 16.9 Å². The molecule has 3 aliphatic heterocycles. The molecule has 3 saturated heterocycles. The first-order valence-electron chi connectivity index (χ1n) is 13.9. The van der Waals surface area contributed by atoms with Gasteiger partial charge < -0.3 is 24.4 Å². The lowest BCUT2D eigenvalue weighted by atomic mass is 10.0. The SMILES string of the molecule is c1coc(-c2nc(-c3ncc4nccnc4n3)c(N3CCCC3)c(N3CCCCC3)c2N2CCNCC2)c1. The van der Waals surface area contributed by atoms with Gasteiger partial charge in [0.2, 0.25) is 0 Å². The van der Waals surface area contributed by atoms with Crippen LogP contribution in [-0.2, 0) is 0 Å². The van der Waals surface area contributed by atoms with E-state index >= 15 is 0 Å². The Morgan fingerprint density at radius 1 is 0.684 bits per heavy atom. The van der Waals surface area contributed by atoms with E-state index in [9.17, 15) is 0 Å². The topological polar surface area (TPSA) is 99.3 Å². The Morgan fingerprint density at radius 3 is 2.13 bits per heavy atom. The average molecular weight is 512 g/mol. The highest BCUT2D eigenvalue weighted by atomic mass is 16.3. The van der Waals surface area contributed by atoms with Crippen LogP contribution in [0.2, 0.25) is 0 Å². The van der Waals surface area contributed by atoms with Crippen LogP contribution < -0.4 is 20.0 Å². The molecule has 0 bridgehead atoms. The Bertz CT molecular complexity index is 1410. The van der Waals surface area contributed by atoms with Crippen LogP contribution in [0.1, 0.15) is 32.1 Å². The zero-order chi connectivity index (χ0) is 25.3. The molecule has 4 aromatic rings. The van der Waals surface area contributed by atoms with Gasteiger partial charge in [-0.1, -0.05) is 0 Å². The van der Waals surface area contributed by atoms with Gasteiger partial charge >= 0.3 is 0 Å². The molecule has 10 heteroatoms. The van der Waals surface area contributed by atoms with Crippen LogP contribution in [0.5, 0.6) is 0 Å². The molecular formula is C28H33N9O. The Balaban J connectivity index is 1.54. The third-order valence-corrected chi connectivity index (χ3v) is 7.84. The largest absolute Gasteiger partial charge is 0.463 e. The van der Waals surface area contributed by atoms with E-state index in [1.54, 1.807) is 24.9 Å².